The van der Waals surface area contributed by atoms with Crippen molar-refractivity contribution >= 4 is 28.7 Å². The number of alkyl halides is 6. The van der Waals surface area contributed by atoms with E-state index in [1.807, 2.05) is 0 Å². The second-order valence-electron chi connectivity index (χ2n) is 6.60. The van der Waals surface area contributed by atoms with Gasteiger partial charge >= 0.3 is 12.4 Å². The Bertz CT molecular complexity index is 1110. The van der Waals surface area contributed by atoms with Crippen molar-refractivity contribution in [3.8, 4) is 0 Å². The third-order valence-electron chi connectivity index (χ3n) is 4.27. The quantitative estimate of drug-likeness (QED) is 0.297. The summed E-state index contributed by atoms with van der Waals surface area (Å²) in [6.07, 6.45) is -6.04. The first-order valence-electron chi connectivity index (χ1n) is 9.14. The summed E-state index contributed by atoms with van der Waals surface area (Å²) in [5.41, 5.74) is -0.150. The Balaban J connectivity index is 1.88. The molecule has 0 amide bonds. The first kappa shape index (κ1) is 23.4. The van der Waals surface area contributed by atoms with Crippen molar-refractivity contribution in [3.63, 3.8) is 0 Å². The molecule has 0 aliphatic carbocycles. The number of hydrogen-bond acceptors (Lipinski definition) is 2. The fourth-order valence-corrected chi connectivity index (χ4v) is 2.81. The molecule has 3 aromatic rings. The number of rotatable bonds is 5. The van der Waals surface area contributed by atoms with Crippen LogP contribution in [0.5, 0.6) is 0 Å². The highest BCUT2D eigenvalue weighted by atomic mass is 35.5. The van der Waals surface area contributed by atoms with Gasteiger partial charge in [-0.15, -0.1) is 0 Å². The molecule has 1 N–H and O–H groups in total. The molecule has 0 bridgehead atoms. The molecule has 32 heavy (non-hydrogen) atoms. The Morgan fingerprint density at radius 1 is 0.781 bits per heavy atom. The SMILES string of the molecule is FC(F)(F)c1ccc(N=C(C=CNc2cccc(C(F)(F)F)c2)c2ccc(Cl)cc2)cc1. The van der Waals surface area contributed by atoms with Crippen molar-refractivity contribution < 1.29 is 26.3 Å². The van der Waals surface area contributed by atoms with Gasteiger partial charge in [-0.3, -0.25) is 0 Å². The molecule has 0 unspecified atom stereocenters. The lowest BCUT2D eigenvalue weighted by molar-refractivity contribution is -0.138. The van der Waals surface area contributed by atoms with Crippen LogP contribution in [-0.2, 0) is 12.4 Å². The molecule has 166 valence electrons. The van der Waals surface area contributed by atoms with Gasteiger partial charge in [0.05, 0.1) is 22.5 Å². The molecule has 0 aromatic heterocycles. The largest absolute Gasteiger partial charge is 0.416 e. The number of hydrogen-bond donors (Lipinski definition) is 1. The highest BCUT2D eigenvalue weighted by Gasteiger charge is 2.30. The molecule has 2 nitrogen and oxygen atoms in total. The van der Waals surface area contributed by atoms with E-state index < -0.39 is 23.5 Å². The Kier molecular flexibility index (Phi) is 6.93. The highest BCUT2D eigenvalue weighted by Crippen LogP contribution is 2.31. The monoisotopic (exact) mass is 468 g/mol. The third kappa shape index (κ3) is 6.37. The molecule has 0 aliphatic rings. The van der Waals surface area contributed by atoms with Gasteiger partial charge in [0, 0.05) is 22.5 Å². The molecular weight excluding hydrogens is 454 g/mol. The molecule has 0 fully saturated rings. The van der Waals surface area contributed by atoms with Crippen molar-refractivity contribution in [2.45, 2.75) is 12.4 Å². The molecule has 0 aliphatic heterocycles. The van der Waals surface area contributed by atoms with Gasteiger partial charge in [-0.05, 0) is 60.7 Å². The van der Waals surface area contributed by atoms with Crippen LogP contribution in [0.4, 0.5) is 37.7 Å². The zero-order valence-corrected chi connectivity index (χ0v) is 16.9. The minimum absolute atomic E-state index is 0.209. The molecule has 0 spiro atoms. The van der Waals surface area contributed by atoms with Crippen molar-refractivity contribution in [1.82, 2.24) is 0 Å². The van der Waals surface area contributed by atoms with Gasteiger partial charge < -0.3 is 5.32 Å². The van der Waals surface area contributed by atoms with Crippen LogP contribution in [-0.4, -0.2) is 5.71 Å². The Hall–Kier alpha value is -3.26. The summed E-state index contributed by atoms with van der Waals surface area (Å²) in [5, 5.41) is 3.23. The van der Waals surface area contributed by atoms with E-state index in [1.165, 1.54) is 36.5 Å². The molecular formula is C23H15ClF6N2. The van der Waals surface area contributed by atoms with Crippen LogP contribution in [0.3, 0.4) is 0 Å². The van der Waals surface area contributed by atoms with Crippen LogP contribution >= 0.6 is 11.6 Å². The van der Waals surface area contributed by atoms with E-state index >= 15 is 0 Å². The van der Waals surface area contributed by atoms with Gasteiger partial charge in [0.1, 0.15) is 0 Å². The van der Waals surface area contributed by atoms with E-state index in [9.17, 15) is 26.3 Å². The summed E-state index contributed by atoms with van der Waals surface area (Å²) < 4.78 is 76.9. The Morgan fingerprint density at radius 3 is 2.00 bits per heavy atom. The Labute approximate surface area is 184 Å². The summed E-state index contributed by atoms with van der Waals surface area (Å²) in [5.74, 6) is 0. The molecule has 0 atom stereocenters. The average molecular weight is 469 g/mol. The highest BCUT2D eigenvalue weighted by molar-refractivity contribution is 6.30. The number of nitrogens with one attached hydrogen (secondary N) is 1. The first-order chi connectivity index (χ1) is 15.0. The number of aliphatic imine (C=N–C) groups is 1. The van der Waals surface area contributed by atoms with Crippen LogP contribution in [0.2, 0.25) is 5.02 Å². The van der Waals surface area contributed by atoms with E-state index in [2.05, 4.69) is 10.3 Å². The predicted molar refractivity (Wildman–Crippen MR) is 113 cm³/mol. The predicted octanol–water partition coefficient (Wildman–Crippen LogP) is 8.12. The Morgan fingerprint density at radius 2 is 1.41 bits per heavy atom. The maximum atomic E-state index is 12.9. The first-order valence-corrected chi connectivity index (χ1v) is 9.52. The van der Waals surface area contributed by atoms with E-state index in [-0.39, 0.29) is 11.4 Å². The van der Waals surface area contributed by atoms with E-state index in [4.69, 9.17) is 11.6 Å². The average Bonchev–Trinajstić information content (AvgIpc) is 2.73. The minimum atomic E-state index is -4.47. The van der Waals surface area contributed by atoms with Crippen molar-refractivity contribution in [3.05, 3.63) is 107 Å². The lowest BCUT2D eigenvalue weighted by atomic mass is 10.1. The van der Waals surface area contributed by atoms with Crippen molar-refractivity contribution in [1.29, 1.82) is 0 Å². The second-order valence-corrected chi connectivity index (χ2v) is 7.04. The number of nitrogens with zero attached hydrogens (tertiary/aromatic N) is 1. The molecule has 3 aromatic carbocycles. The van der Waals surface area contributed by atoms with Crippen molar-refractivity contribution in [2.24, 2.45) is 4.99 Å². The van der Waals surface area contributed by atoms with Crippen molar-refractivity contribution in [2.75, 3.05) is 5.32 Å². The third-order valence-corrected chi connectivity index (χ3v) is 4.52. The van der Waals surface area contributed by atoms with Crippen LogP contribution < -0.4 is 5.32 Å². The van der Waals surface area contributed by atoms with Gasteiger partial charge in [-0.1, -0.05) is 29.8 Å². The van der Waals surface area contributed by atoms with E-state index in [1.54, 1.807) is 24.3 Å². The van der Waals surface area contributed by atoms with E-state index in [0.29, 0.717) is 16.3 Å². The molecule has 0 saturated heterocycles. The normalized spacial score (nSPS) is 12.9. The summed E-state index contributed by atoms with van der Waals surface area (Å²) in [6.45, 7) is 0. The fourth-order valence-electron chi connectivity index (χ4n) is 2.68. The fraction of sp³-hybridized carbons (Fsp3) is 0.0870. The van der Waals surface area contributed by atoms with Gasteiger partial charge in [-0.2, -0.15) is 26.3 Å². The molecule has 0 saturated carbocycles. The summed E-state index contributed by atoms with van der Waals surface area (Å²) in [7, 11) is 0. The number of halogens is 7. The number of allylic oxidation sites excluding steroid dienone is 1. The van der Waals surface area contributed by atoms with Gasteiger partial charge in [0.25, 0.3) is 0 Å². The molecule has 0 heterocycles. The smallest absolute Gasteiger partial charge is 0.362 e. The van der Waals surface area contributed by atoms with Gasteiger partial charge in [-0.25, -0.2) is 4.99 Å². The zero-order valence-electron chi connectivity index (χ0n) is 16.2. The zero-order chi connectivity index (χ0) is 23.4. The summed E-state index contributed by atoms with van der Waals surface area (Å²) in [6, 6.07) is 15.5. The van der Waals surface area contributed by atoms with Crippen LogP contribution in [0, 0.1) is 0 Å². The summed E-state index contributed by atoms with van der Waals surface area (Å²) in [4.78, 5) is 4.37. The molecule has 0 radical (unpaired) electrons. The lowest BCUT2D eigenvalue weighted by Gasteiger charge is -2.09. The van der Waals surface area contributed by atoms with E-state index in [0.717, 1.165) is 24.3 Å². The van der Waals surface area contributed by atoms with Gasteiger partial charge in [0.2, 0.25) is 0 Å². The lowest BCUT2D eigenvalue weighted by Crippen LogP contribution is -2.05. The van der Waals surface area contributed by atoms with Crippen LogP contribution in [0.1, 0.15) is 16.7 Å². The summed E-state index contributed by atoms with van der Waals surface area (Å²) >= 11 is 5.90. The number of benzene rings is 3. The van der Waals surface area contributed by atoms with Crippen LogP contribution in [0.25, 0.3) is 0 Å². The second kappa shape index (κ2) is 9.48. The molecule has 9 heteroatoms. The minimum Gasteiger partial charge on any atom is -0.362 e. The number of anilines is 1. The molecule has 3 rings (SSSR count). The topological polar surface area (TPSA) is 24.4 Å². The maximum absolute atomic E-state index is 12.9. The standard InChI is InChI=1S/C23H15ClF6N2/c24-18-8-4-15(5-9-18)21(32-19-10-6-16(7-11-19)22(25,26)27)12-13-31-20-3-1-2-17(14-20)23(28,29)30/h1-14,31H. The maximum Gasteiger partial charge on any atom is 0.416 e. The van der Waals surface area contributed by atoms with Gasteiger partial charge in [0.15, 0.2) is 0 Å². The van der Waals surface area contributed by atoms with Crippen LogP contribution in [0.15, 0.2) is 90.1 Å².